The first-order valence-electron chi connectivity index (χ1n) is 5.64. The molecule has 1 heterocycles. The first-order chi connectivity index (χ1) is 7.02. The molecule has 0 fully saturated rings. The van der Waals surface area contributed by atoms with E-state index in [-0.39, 0.29) is 0 Å². The highest BCUT2D eigenvalue weighted by Gasteiger charge is 2.10. The largest absolute Gasteiger partial charge is 0.314 e. The van der Waals surface area contributed by atoms with Crippen LogP contribution < -0.4 is 5.32 Å². The van der Waals surface area contributed by atoms with Crippen molar-refractivity contribution >= 4 is 0 Å². The van der Waals surface area contributed by atoms with Gasteiger partial charge in [-0.1, -0.05) is 13.8 Å². The Kier molecular flexibility index (Phi) is 4.27. The van der Waals surface area contributed by atoms with Crippen LogP contribution >= 0.6 is 0 Å². The summed E-state index contributed by atoms with van der Waals surface area (Å²) in [6.45, 7) is 11.7. The Balaban J connectivity index is 2.54. The van der Waals surface area contributed by atoms with E-state index in [0.29, 0.717) is 18.0 Å². The SMILES string of the molecule is CC(C)[C@@H](C)NCc1nncn1C(C)C. The summed E-state index contributed by atoms with van der Waals surface area (Å²) in [7, 11) is 0. The molecule has 4 nitrogen and oxygen atoms in total. The van der Waals surface area contributed by atoms with Crippen LogP contribution in [0.3, 0.4) is 0 Å². The fourth-order valence-electron chi connectivity index (χ4n) is 1.31. The van der Waals surface area contributed by atoms with E-state index in [4.69, 9.17) is 0 Å². The van der Waals surface area contributed by atoms with Crippen molar-refractivity contribution in [3.63, 3.8) is 0 Å². The lowest BCUT2D eigenvalue weighted by molar-refractivity contribution is 0.412. The number of hydrogen-bond donors (Lipinski definition) is 1. The monoisotopic (exact) mass is 210 g/mol. The summed E-state index contributed by atoms with van der Waals surface area (Å²) >= 11 is 0. The fourth-order valence-corrected chi connectivity index (χ4v) is 1.31. The van der Waals surface area contributed by atoms with E-state index in [1.807, 2.05) is 0 Å². The fraction of sp³-hybridized carbons (Fsp3) is 0.818. The van der Waals surface area contributed by atoms with Gasteiger partial charge in [0.1, 0.15) is 12.2 Å². The Hall–Kier alpha value is -0.900. The third-order valence-electron chi connectivity index (χ3n) is 2.79. The van der Waals surface area contributed by atoms with Gasteiger partial charge in [-0.05, 0) is 26.7 Å². The van der Waals surface area contributed by atoms with Crippen molar-refractivity contribution in [2.45, 2.75) is 53.2 Å². The second-order valence-corrected chi connectivity index (χ2v) is 4.66. The Morgan fingerprint density at radius 2 is 1.93 bits per heavy atom. The summed E-state index contributed by atoms with van der Waals surface area (Å²) in [5.41, 5.74) is 0. The van der Waals surface area contributed by atoms with Crippen LogP contribution in [0.2, 0.25) is 0 Å². The molecule has 0 saturated carbocycles. The number of hydrogen-bond acceptors (Lipinski definition) is 3. The van der Waals surface area contributed by atoms with Gasteiger partial charge in [0.15, 0.2) is 0 Å². The lowest BCUT2D eigenvalue weighted by Gasteiger charge is -2.18. The summed E-state index contributed by atoms with van der Waals surface area (Å²) in [5.74, 6) is 1.65. The standard InChI is InChI=1S/C11H22N4/c1-8(2)10(5)12-6-11-14-13-7-15(11)9(3)4/h7-10,12H,6H2,1-5H3/t10-/m1/s1. The Bertz CT molecular complexity index is 291. The minimum Gasteiger partial charge on any atom is -0.314 e. The van der Waals surface area contributed by atoms with Crippen molar-refractivity contribution in [1.29, 1.82) is 0 Å². The molecule has 15 heavy (non-hydrogen) atoms. The molecule has 4 heteroatoms. The Morgan fingerprint density at radius 3 is 2.47 bits per heavy atom. The van der Waals surface area contributed by atoms with E-state index in [1.165, 1.54) is 0 Å². The van der Waals surface area contributed by atoms with Crippen LogP contribution in [0.4, 0.5) is 0 Å². The van der Waals surface area contributed by atoms with Gasteiger partial charge in [0.05, 0.1) is 6.54 Å². The van der Waals surface area contributed by atoms with Crippen LogP contribution in [0.15, 0.2) is 6.33 Å². The average Bonchev–Trinajstić information content (AvgIpc) is 2.61. The topological polar surface area (TPSA) is 42.7 Å². The van der Waals surface area contributed by atoms with Crippen molar-refractivity contribution in [1.82, 2.24) is 20.1 Å². The minimum atomic E-state index is 0.422. The number of rotatable bonds is 5. The summed E-state index contributed by atoms with van der Waals surface area (Å²) in [4.78, 5) is 0. The highest BCUT2D eigenvalue weighted by atomic mass is 15.3. The van der Waals surface area contributed by atoms with Crippen molar-refractivity contribution in [3.05, 3.63) is 12.2 Å². The molecule has 1 N–H and O–H groups in total. The average molecular weight is 210 g/mol. The Labute approximate surface area is 92.1 Å². The number of aromatic nitrogens is 3. The molecule has 86 valence electrons. The minimum absolute atomic E-state index is 0.422. The molecule has 1 aromatic rings. The maximum Gasteiger partial charge on any atom is 0.147 e. The van der Waals surface area contributed by atoms with Gasteiger partial charge in [-0.2, -0.15) is 0 Å². The predicted octanol–water partition coefficient (Wildman–Crippen LogP) is 1.99. The van der Waals surface area contributed by atoms with Crippen LogP contribution in [-0.4, -0.2) is 20.8 Å². The van der Waals surface area contributed by atoms with E-state index in [9.17, 15) is 0 Å². The van der Waals surface area contributed by atoms with Gasteiger partial charge in [-0.15, -0.1) is 10.2 Å². The van der Waals surface area contributed by atoms with Gasteiger partial charge in [0.2, 0.25) is 0 Å². The highest BCUT2D eigenvalue weighted by molar-refractivity contribution is 4.88. The van der Waals surface area contributed by atoms with Crippen molar-refractivity contribution < 1.29 is 0 Å². The zero-order valence-corrected chi connectivity index (χ0v) is 10.4. The van der Waals surface area contributed by atoms with E-state index in [0.717, 1.165) is 12.4 Å². The van der Waals surface area contributed by atoms with Crippen LogP contribution in [0.1, 0.15) is 46.5 Å². The molecule has 0 spiro atoms. The van der Waals surface area contributed by atoms with Gasteiger partial charge in [0.25, 0.3) is 0 Å². The van der Waals surface area contributed by atoms with Crippen LogP contribution in [0.5, 0.6) is 0 Å². The van der Waals surface area contributed by atoms with E-state index < -0.39 is 0 Å². The molecule has 0 aliphatic carbocycles. The van der Waals surface area contributed by atoms with Gasteiger partial charge >= 0.3 is 0 Å². The molecular formula is C11H22N4. The third-order valence-corrected chi connectivity index (χ3v) is 2.79. The lowest BCUT2D eigenvalue weighted by atomic mass is 10.1. The molecule has 0 aliphatic heterocycles. The van der Waals surface area contributed by atoms with Crippen LogP contribution in [-0.2, 0) is 6.54 Å². The first kappa shape index (κ1) is 12.2. The highest BCUT2D eigenvalue weighted by Crippen LogP contribution is 2.07. The number of nitrogens with zero attached hydrogens (tertiary/aromatic N) is 3. The summed E-state index contributed by atoms with van der Waals surface area (Å²) in [6, 6.07) is 0.925. The second kappa shape index (κ2) is 5.26. The van der Waals surface area contributed by atoms with E-state index >= 15 is 0 Å². The molecule has 1 rings (SSSR count). The summed E-state index contributed by atoms with van der Waals surface area (Å²) in [5, 5.41) is 11.5. The molecule has 0 saturated heterocycles. The van der Waals surface area contributed by atoms with Crippen molar-refractivity contribution in [3.8, 4) is 0 Å². The van der Waals surface area contributed by atoms with E-state index in [1.54, 1.807) is 6.33 Å². The number of nitrogens with one attached hydrogen (secondary N) is 1. The third kappa shape index (κ3) is 3.30. The normalized spacial score (nSPS) is 13.8. The van der Waals surface area contributed by atoms with Crippen LogP contribution in [0.25, 0.3) is 0 Å². The zero-order valence-electron chi connectivity index (χ0n) is 10.4. The molecule has 0 bridgehead atoms. The molecular weight excluding hydrogens is 188 g/mol. The maximum atomic E-state index is 4.12. The van der Waals surface area contributed by atoms with Crippen molar-refractivity contribution in [2.75, 3.05) is 0 Å². The molecule has 1 atom stereocenters. The van der Waals surface area contributed by atoms with Gasteiger partial charge in [0, 0.05) is 12.1 Å². The molecule has 0 radical (unpaired) electrons. The molecule has 0 aliphatic rings. The molecule has 0 aromatic carbocycles. The molecule has 0 unspecified atom stereocenters. The summed E-state index contributed by atoms with van der Waals surface area (Å²) < 4.78 is 2.10. The summed E-state index contributed by atoms with van der Waals surface area (Å²) in [6.07, 6.45) is 1.79. The van der Waals surface area contributed by atoms with Crippen LogP contribution in [0, 0.1) is 5.92 Å². The molecule has 1 aromatic heterocycles. The Morgan fingerprint density at radius 1 is 1.27 bits per heavy atom. The quantitative estimate of drug-likeness (QED) is 0.808. The van der Waals surface area contributed by atoms with Gasteiger partial charge in [-0.3, -0.25) is 0 Å². The first-order valence-corrected chi connectivity index (χ1v) is 5.64. The van der Waals surface area contributed by atoms with Crippen molar-refractivity contribution in [2.24, 2.45) is 5.92 Å². The smallest absolute Gasteiger partial charge is 0.147 e. The predicted molar refractivity (Wildman–Crippen MR) is 61.5 cm³/mol. The van der Waals surface area contributed by atoms with Gasteiger partial charge < -0.3 is 9.88 Å². The zero-order chi connectivity index (χ0) is 11.4. The lowest BCUT2D eigenvalue weighted by Crippen LogP contribution is -2.31. The van der Waals surface area contributed by atoms with E-state index in [2.05, 4.69) is 54.7 Å². The second-order valence-electron chi connectivity index (χ2n) is 4.66. The van der Waals surface area contributed by atoms with Gasteiger partial charge in [-0.25, -0.2) is 0 Å². The maximum absolute atomic E-state index is 4.12. The molecule has 0 amide bonds.